The van der Waals surface area contributed by atoms with Crippen LogP contribution >= 0.6 is 0 Å². The predicted molar refractivity (Wildman–Crippen MR) is 120 cm³/mol. The molecule has 7 nitrogen and oxygen atoms in total. The first-order valence-corrected chi connectivity index (χ1v) is 10.6. The van der Waals surface area contributed by atoms with Crippen LogP contribution in [0.5, 0.6) is 0 Å². The van der Waals surface area contributed by atoms with Crippen LogP contribution in [-0.4, -0.2) is 19.9 Å². The summed E-state index contributed by atoms with van der Waals surface area (Å²) < 4.78 is 16.2. The Kier molecular flexibility index (Phi) is 6.11. The summed E-state index contributed by atoms with van der Waals surface area (Å²) in [4.78, 5) is 30.7. The molecule has 3 aromatic heterocycles. The van der Waals surface area contributed by atoms with Crippen LogP contribution in [0.15, 0.2) is 59.5 Å². The average molecular weight is 433 g/mol. The predicted octanol–water partition coefficient (Wildman–Crippen LogP) is 3.39. The number of carbonyl (C=O) groups is 1. The minimum atomic E-state index is -0.469. The third kappa shape index (κ3) is 4.16. The number of rotatable bonds is 7. The minimum absolute atomic E-state index is 0.0115. The summed E-state index contributed by atoms with van der Waals surface area (Å²) in [7, 11) is 0. The lowest BCUT2D eigenvalue weighted by Crippen LogP contribution is -2.34. The zero-order chi connectivity index (χ0) is 22.7. The highest BCUT2D eigenvalue weighted by molar-refractivity contribution is 5.96. The van der Waals surface area contributed by atoms with Crippen LogP contribution in [0.1, 0.15) is 42.1 Å². The Hall–Kier alpha value is -3.81. The summed E-state index contributed by atoms with van der Waals surface area (Å²) in [6, 6.07) is 12.6. The van der Waals surface area contributed by atoms with E-state index in [2.05, 4.69) is 17.2 Å². The first kappa shape index (κ1) is 21.4. The summed E-state index contributed by atoms with van der Waals surface area (Å²) in [6.07, 6.45) is 4.40. The number of pyridine rings is 2. The van der Waals surface area contributed by atoms with E-state index in [4.69, 9.17) is 5.41 Å². The lowest BCUT2D eigenvalue weighted by molar-refractivity contribution is 0.0948. The molecule has 0 aliphatic heterocycles. The standard InChI is InChI=1S/C24H24FN5O2/c1-2-3-5-13-30-21(26)18(23(31)27-15-16-8-10-17(25)11-9-16)14-19-22(30)28-20-7-4-6-12-29(20)24(19)32/h4,6-12,14,26H,2-3,5,13,15H2,1H3,(H,27,31). The number of benzene rings is 1. The zero-order valence-corrected chi connectivity index (χ0v) is 17.8. The van der Waals surface area contributed by atoms with E-state index in [0.717, 1.165) is 24.8 Å². The smallest absolute Gasteiger partial charge is 0.267 e. The Morgan fingerprint density at radius 1 is 1.16 bits per heavy atom. The summed E-state index contributed by atoms with van der Waals surface area (Å²) in [5.41, 5.74) is 1.45. The molecular formula is C24H24FN5O2. The molecule has 0 fully saturated rings. The lowest BCUT2D eigenvalue weighted by atomic mass is 10.1. The molecule has 0 saturated carbocycles. The maximum atomic E-state index is 13.1. The van der Waals surface area contributed by atoms with Gasteiger partial charge in [0, 0.05) is 19.3 Å². The molecule has 1 amide bonds. The van der Waals surface area contributed by atoms with Crippen LogP contribution in [0.2, 0.25) is 0 Å². The van der Waals surface area contributed by atoms with Gasteiger partial charge in [-0.15, -0.1) is 0 Å². The number of aryl methyl sites for hydroxylation is 1. The molecule has 164 valence electrons. The highest BCUT2D eigenvalue weighted by atomic mass is 19.1. The monoisotopic (exact) mass is 433 g/mol. The van der Waals surface area contributed by atoms with Crippen molar-refractivity contribution in [3.8, 4) is 0 Å². The number of hydrogen-bond donors (Lipinski definition) is 2. The summed E-state index contributed by atoms with van der Waals surface area (Å²) in [5.74, 6) is -0.820. The van der Waals surface area contributed by atoms with Gasteiger partial charge in [-0.1, -0.05) is 38.0 Å². The molecule has 4 aromatic rings. The van der Waals surface area contributed by atoms with Gasteiger partial charge >= 0.3 is 0 Å². The third-order valence-electron chi connectivity index (χ3n) is 5.41. The largest absolute Gasteiger partial charge is 0.348 e. The van der Waals surface area contributed by atoms with Gasteiger partial charge in [-0.3, -0.25) is 19.4 Å². The van der Waals surface area contributed by atoms with Crippen molar-refractivity contribution in [2.24, 2.45) is 0 Å². The van der Waals surface area contributed by atoms with Crippen LogP contribution < -0.4 is 16.4 Å². The van der Waals surface area contributed by atoms with Crippen molar-refractivity contribution < 1.29 is 9.18 Å². The molecule has 0 unspecified atom stereocenters. The molecule has 0 saturated heterocycles. The van der Waals surface area contributed by atoms with Crippen molar-refractivity contribution in [3.63, 3.8) is 0 Å². The SMILES string of the molecule is CCCCCn1c(=N)c(C(=O)NCc2ccc(F)cc2)cc2c(=O)n3ccccc3nc21. The molecule has 0 aliphatic carbocycles. The van der Waals surface area contributed by atoms with Crippen LogP contribution in [0.25, 0.3) is 16.7 Å². The fourth-order valence-corrected chi connectivity index (χ4v) is 3.68. The molecule has 1 aromatic carbocycles. The minimum Gasteiger partial charge on any atom is -0.348 e. The Labute approximate surface area is 183 Å². The summed E-state index contributed by atoms with van der Waals surface area (Å²) >= 11 is 0. The van der Waals surface area contributed by atoms with Gasteiger partial charge in [0.05, 0.1) is 10.9 Å². The van der Waals surface area contributed by atoms with Gasteiger partial charge in [-0.05, 0) is 42.3 Å². The van der Waals surface area contributed by atoms with Gasteiger partial charge in [0.15, 0.2) is 0 Å². The normalized spacial score (nSPS) is 11.2. The van der Waals surface area contributed by atoms with Gasteiger partial charge in [0.1, 0.15) is 22.6 Å². The molecule has 0 bridgehead atoms. The van der Waals surface area contributed by atoms with E-state index >= 15 is 0 Å². The Morgan fingerprint density at radius 2 is 1.94 bits per heavy atom. The third-order valence-corrected chi connectivity index (χ3v) is 5.41. The highest BCUT2D eigenvalue weighted by Crippen LogP contribution is 2.12. The molecule has 0 atom stereocenters. The summed E-state index contributed by atoms with van der Waals surface area (Å²) in [6.45, 7) is 2.75. The fourth-order valence-electron chi connectivity index (χ4n) is 3.68. The Bertz CT molecular complexity index is 1410. The number of aromatic nitrogens is 3. The maximum Gasteiger partial charge on any atom is 0.267 e. The zero-order valence-electron chi connectivity index (χ0n) is 17.8. The molecule has 0 aliphatic rings. The van der Waals surface area contributed by atoms with E-state index in [0.29, 0.717) is 17.8 Å². The van der Waals surface area contributed by atoms with Gasteiger partial charge < -0.3 is 9.88 Å². The van der Waals surface area contributed by atoms with Crippen molar-refractivity contribution >= 4 is 22.6 Å². The highest BCUT2D eigenvalue weighted by Gasteiger charge is 2.17. The molecule has 8 heteroatoms. The van der Waals surface area contributed by atoms with E-state index in [1.165, 1.54) is 22.6 Å². The molecule has 32 heavy (non-hydrogen) atoms. The van der Waals surface area contributed by atoms with Crippen molar-refractivity contribution in [2.75, 3.05) is 0 Å². The van der Waals surface area contributed by atoms with Crippen molar-refractivity contribution in [1.82, 2.24) is 19.3 Å². The first-order chi connectivity index (χ1) is 15.5. The van der Waals surface area contributed by atoms with Crippen molar-refractivity contribution in [3.05, 3.63) is 87.5 Å². The van der Waals surface area contributed by atoms with Crippen LogP contribution in [0.3, 0.4) is 0 Å². The summed E-state index contributed by atoms with van der Waals surface area (Å²) in [5, 5.41) is 11.7. The number of nitrogens with zero attached hydrogens (tertiary/aromatic N) is 3. The topological polar surface area (TPSA) is 92.2 Å². The van der Waals surface area contributed by atoms with Gasteiger partial charge in [-0.25, -0.2) is 9.37 Å². The van der Waals surface area contributed by atoms with E-state index in [-0.39, 0.29) is 34.4 Å². The van der Waals surface area contributed by atoms with Gasteiger partial charge in [0.25, 0.3) is 11.5 Å². The first-order valence-electron chi connectivity index (χ1n) is 10.6. The number of amides is 1. The molecule has 4 rings (SSSR count). The van der Waals surface area contributed by atoms with Gasteiger partial charge in [-0.2, -0.15) is 0 Å². The average Bonchev–Trinajstić information content (AvgIpc) is 2.80. The molecule has 0 spiro atoms. The maximum absolute atomic E-state index is 13.1. The van der Waals surface area contributed by atoms with E-state index in [1.54, 1.807) is 41.1 Å². The van der Waals surface area contributed by atoms with Crippen LogP contribution in [0, 0.1) is 11.2 Å². The fraction of sp³-hybridized carbons (Fsp3) is 0.250. The van der Waals surface area contributed by atoms with Crippen LogP contribution in [-0.2, 0) is 13.1 Å². The number of halogens is 1. The number of carbonyl (C=O) groups excluding carboxylic acids is 1. The van der Waals surface area contributed by atoms with E-state index < -0.39 is 5.91 Å². The van der Waals surface area contributed by atoms with Gasteiger partial charge in [0.2, 0.25) is 0 Å². The van der Waals surface area contributed by atoms with Crippen LogP contribution in [0.4, 0.5) is 4.39 Å². The number of nitrogens with one attached hydrogen (secondary N) is 2. The number of unbranched alkanes of at least 4 members (excludes halogenated alkanes) is 2. The van der Waals surface area contributed by atoms with Crippen molar-refractivity contribution in [1.29, 1.82) is 5.41 Å². The number of hydrogen-bond acceptors (Lipinski definition) is 4. The second-order valence-corrected chi connectivity index (χ2v) is 7.66. The molecule has 0 radical (unpaired) electrons. The Morgan fingerprint density at radius 3 is 2.69 bits per heavy atom. The second-order valence-electron chi connectivity index (χ2n) is 7.66. The van der Waals surface area contributed by atoms with E-state index in [1.807, 2.05) is 0 Å². The molecule has 3 heterocycles. The van der Waals surface area contributed by atoms with E-state index in [9.17, 15) is 14.0 Å². The Balaban J connectivity index is 1.80. The molecular weight excluding hydrogens is 409 g/mol. The molecule has 2 N–H and O–H groups in total. The number of fused-ring (bicyclic) bond motifs is 2. The second kappa shape index (κ2) is 9.13. The lowest BCUT2D eigenvalue weighted by Gasteiger charge is -2.14. The van der Waals surface area contributed by atoms with Crippen molar-refractivity contribution in [2.45, 2.75) is 39.3 Å². The quantitative estimate of drug-likeness (QED) is 0.346.